The van der Waals surface area contributed by atoms with E-state index in [1.165, 1.54) is 11.3 Å². The summed E-state index contributed by atoms with van der Waals surface area (Å²) in [6.07, 6.45) is 10.6. The molecule has 1 fully saturated rings. The zero-order chi connectivity index (χ0) is 21.2. The van der Waals surface area contributed by atoms with Crippen LogP contribution in [0.5, 0.6) is 0 Å². The Morgan fingerprint density at radius 1 is 1.06 bits per heavy atom. The zero-order valence-electron chi connectivity index (χ0n) is 18.3. The van der Waals surface area contributed by atoms with Gasteiger partial charge < -0.3 is 10.6 Å². The predicted octanol–water partition coefficient (Wildman–Crippen LogP) is 3.10. The molecule has 1 spiro atoms. The Morgan fingerprint density at radius 2 is 1.88 bits per heavy atom. The van der Waals surface area contributed by atoms with Gasteiger partial charge in [-0.05, 0) is 49.3 Å². The van der Waals surface area contributed by atoms with E-state index in [1.807, 2.05) is 53.2 Å². The van der Waals surface area contributed by atoms with Crippen LogP contribution in [0.1, 0.15) is 35.8 Å². The van der Waals surface area contributed by atoms with E-state index in [0.717, 1.165) is 60.6 Å². The van der Waals surface area contributed by atoms with Crippen molar-refractivity contribution in [1.29, 1.82) is 0 Å². The van der Waals surface area contributed by atoms with Crippen LogP contribution >= 0.6 is 12.4 Å². The SMILES string of the molecule is Cc1c(-c2cnc(N3CCC4(CC3)Cc3ncccc3[C@H]4N)c3ccnn23)cnn1C.Cl. The van der Waals surface area contributed by atoms with Crippen LogP contribution in [0.4, 0.5) is 5.82 Å². The molecule has 1 atom stereocenters. The molecule has 4 aromatic rings. The summed E-state index contributed by atoms with van der Waals surface area (Å²) in [7, 11) is 1.95. The van der Waals surface area contributed by atoms with Gasteiger partial charge in [0.15, 0.2) is 5.82 Å². The summed E-state index contributed by atoms with van der Waals surface area (Å²) >= 11 is 0. The Labute approximate surface area is 192 Å². The summed E-state index contributed by atoms with van der Waals surface area (Å²) in [6, 6.07) is 6.25. The van der Waals surface area contributed by atoms with E-state index < -0.39 is 0 Å². The highest BCUT2D eigenvalue weighted by molar-refractivity contribution is 5.85. The van der Waals surface area contributed by atoms with Crippen molar-refractivity contribution in [2.45, 2.75) is 32.2 Å². The van der Waals surface area contributed by atoms with Crippen molar-refractivity contribution in [3.63, 3.8) is 0 Å². The molecule has 1 aliphatic heterocycles. The fourth-order valence-corrected chi connectivity index (χ4v) is 5.39. The number of nitrogens with two attached hydrogens (primary N) is 1. The number of pyridine rings is 1. The third-order valence-electron chi connectivity index (χ3n) is 7.42. The number of piperidine rings is 1. The maximum Gasteiger partial charge on any atom is 0.154 e. The summed E-state index contributed by atoms with van der Waals surface area (Å²) in [5.74, 6) is 0.986. The van der Waals surface area contributed by atoms with Gasteiger partial charge in [-0.3, -0.25) is 9.67 Å². The summed E-state index contributed by atoms with van der Waals surface area (Å²) in [4.78, 5) is 11.9. The summed E-state index contributed by atoms with van der Waals surface area (Å²) in [5.41, 5.74) is 13.4. The Kier molecular flexibility index (Phi) is 4.94. The number of nitrogens with zero attached hydrogens (tertiary/aromatic N) is 7. The van der Waals surface area contributed by atoms with Gasteiger partial charge in [0.1, 0.15) is 5.52 Å². The van der Waals surface area contributed by atoms with Crippen molar-refractivity contribution in [3.8, 4) is 11.3 Å². The van der Waals surface area contributed by atoms with E-state index in [-0.39, 0.29) is 23.9 Å². The minimum atomic E-state index is 0. The van der Waals surface area contributed by atoms with Gasteiger partial charge in [-0.2, -0.15) is 10.2 Å². The van der Waals surface area contributed by atoms with Crippen LogP contribution in [-0.2, 0) is 13.5 Å². The lowest BCUT2D eigenvalue weighted by molar-refractivity contribution is 0.187. The van der Waals surface area contributed by atoms with E-state index in [2.05, 4.69) is 33.1 Å². The lowest BCUT2D eigenvalue weighted by Crippen LogP contribution is -2.44. The fourth-order valence-electron chi connectivity index (χ4n) is 5.39. The number of fused-ring (bicyclic) bond motifs is 2. The number of rotatable bonds is 2. The topological polar surface area (TPSA) is 90.2 Å². The lowest BCUT2D eigenvalue weighted by atomic mass is 9.73. The van der Waals surface area contributed by atoms with Crippen molar-refractivity contribution >= 4 is 23.7 Å². The lowest BCUT2D eigenvalue weighted by Gasteiger charge is -2.42. The van der Waals surface area contributed by atoms with Crippen molar-refractivity contribution in [2.75, 3.05) is 18.0 Å². The molecule has 0 aromatic carbocycles. The predicted molar refractivity (Wildman–Crippen MR) is 126 cm³/mol. The summed E-state index contributed by atoms with van der Waals surface area (Å²) in [6.45, 7) is 3.93. The van der Waals surface area contributed by atoms with Crippen LogP contribution in [0.3, 0.4) is 0 Å². The number of hydrogen-bond donors (Lipinski definition) is 1. The minimum absolute atomic E-state index is 0. The second-order valence-electron chi connectivity index (χ2n) is 8.91. The van der Waals surface area contributed by atoms with Gasteiger partial charge in [-0.15, -0.1) is 12.4 Å². The molecule has 5 heterocycles. The molecule has 2 aliphatic rings. The molecule has 6 rings (SSSR count). The zero-order valence-corrected chi connectivity index (χ0v) is 19.1. The average molecular weight is 451 g/mol. The number of halogens is 1. The first-order valence-corrected chi connectivity index (χ1v) is 10.8. The van der Waals surface area contributed by atoms with Crippen LogP contribution < -0.4 is 10.6 Å². The van der Waals surface area contributed by atoms with E-state index in [9.17, 15) is 0 Å². The fraction of sp³-hybridized carbons (Fsp3) is 0.391. The molecule has 0 unspecified atom stereocenters. The van der Waals surface area contributed by atoms with Crippen molar-refractivity contribution in [1.82, 2.24) is 29.4 Å². The Bertz CT molecular complexity index is 1280. The van der Waals surface area contributed by atoms with Gasteiger partial charge in [-0.25, -0.2) is 9.50 Å². The van der Waals surface area contributed by atoms with Crippen LogP contribution in [0.2, 0.25) is 0 Å². The van der Waals surface area contributed by atoms with Gasteiger partial charge in [0.05, 0.1) is 24.3 Å². The number of aromatic nitrogens is 6. The number of hydrogen-bond acceptors (Lipinski definition) is 6. The smallest absolute Gasteiger partial charge is 0.154 e. The van der Waals surface area contributed by atoms with Crippen LogP contribution in [0.15, 0.2) is 43.0 Å². The van der Waals surface area contributed by atoms with Crippen LogP contribution in [0, 0.1) is 12.3 Å². The molecule has 0 bridgehead atoms. The average Bonchev–Trinajstić information content (AvgIpc) is 3.47. The maximum absolute atomic E-state index is 6.72. The first-order chi connectivity index (χ1) is 15.1. The molecule has 1 saturated heterocycles. The van der Waals surface area contributed by atoms with Crippen LogP contribution in [-0.4, -0.2) is 42.5 Å². The molecule has 0 radical (unpaired) electrons. The van der Waals surface area contributed by atoms with Crippen molar-refractivity contribution in [3.05, 3.63) is 59.9 Å². The van der Waals surface area contributed by atoms with Crippen molar-refractivity contribution < 1.29 is 0 Å². The monoisotopic (exact) mass is 450 g/mol. The number of aryl methyl sites for hydroxylation is 1. The molecule has 166 valence electrons. The molecule has 32 heavy (non-hydrogen) atoms. The highest BCUT2D eigenvalue weighted by atomic mass is 35.5. The van der Waals surface area contributed by atoms with E-state index >= 15 is 0 Å². The first-order valence-electron chi connectivity index (χ1n) is 10.8. The first kappa shape index (κ1) is 20.9. The molecular formula is C23H27ClN8. The normalized spacial score (nSPS) is 19.3. The maximum atomic E-state index is 6.72. The summed E-state index contributed by atoms with van der Waals surface area (Å²) in [5, 5.41) is 8.98. The molecule has 1 aliphatic carbocycles. The Balaban J connectivity index is 0.00000216. The highest BCUT2D eigenvalue weighted by Gasteiger charge is 2.46. The molecule has 8 nitrogen and oxygen atoms in total. The quantitative estimate of drug-likeness (QED) is 0.504. The third kappa shape index (κ3) is 2.93. The third-order valence-corrected chi connectivity index (χ3v) is 7.42. The molecule has 4 aromatic heterocycles. The van der Waals surface area contributed by atoms with Gasteiger partial charge in [0.25, 0.3) is 0 Å². The van der Waals surface area contributed by atoms with Gasteiger partial charge in [0.2, 0.25) is 0 Å². The Morgan fingerprint density at radius 3 is 2.59 bits per heavy atom. The summed E-state index contributed by atoms with van der Waals surface area (Å²) < 4.78 is 3.86. The molecule has 9 heteroatoms. The minimum Gasteiger partial charge on any atom is -0.355 e. The molecule has 2 N–H and O–H groups in total. The van der Waals surface area contributed by atoms with Gasteiger partial charge in [0, 0.05) is 49.3 Å². The van der Waals surface area contributed by atoms with E-state index in [1.54, 1.807) is 0 Å². The van der Waals surface area contributed by atoms with Gasteiger partial charge >= 0.3 is 0 Å². The Hall–Kier alpha value is -2.97. The molecule has 0 amide bonds. The van der Waals surface area contributed by atoms with Crippen LogP contribution in [0.25, 0.3) is 16.8 Å². The standard InChI is InChI=1S/C23H26N8.ClH/c1-15-17(13-28-29(15)2)20-14-26-22(19-5-9-27-31(19)20)30-10-6-23(7-11-30)12-18-16(21(23)24)4-3-8-25-18;/h3-5,8-9,13-14,21H,6-7,10-12,24H2,1-2H3;1H/t21-;/m1./s1. The molecule has 0 saturated carbocycles. The van der Waals surface area contributed by atoms with E-state index in [4.69, 9.17) is 10.7 Å². The second kappa shape index (κ2) is 7.56. The van der Waals surface area contributed by atoms with Gasteiger partial charge in [-0.1, -0.05) is 6.07 Å². The van der Waals surface area contributed by atoms with E-state index in [0.29, 0.717) is 0 Å². The highest BCUT2D eigenvalue weighted by Crippen LogP contribution is 2.50. The molecular weight excluding hydrogens is 424 g/mol. The second-order valence-corrected chi connectivity index (χ2v) is 8.91. The largest absolute Gasteiger partial charge is 0.355 e. The number of anilines is 1. The van der Waals surface area contributed by atoms with Crippen molar-refractivity contribution in [2.24, 2.45) is 18.2 Å².